The Morgan fingerprint density at radius 1 is 1.43 bits per heavy atom. The van der Waals surface area contributed by atoms with Gasteiger partial charge in [-0.2, -0.15) is 5.10 Å². The third-order valence-electron chi connectivity index (χ3n) is 2.80. The van der Waals surface area contributed by atoms with E-state index in [1.165, 1.54) is 7.11 Å². The van der Waals surface area contributed by atoms with E-state index in [1.54, 1.807) is 0 Å². The van der Waals surface area contributed by atoms with Crippen molar-refractivity contribution in [3.05, 3.63) is 21.6 Å². The minimum atomic E-state index is -1.45. The van der Waals surface area contributed by atoms with Crippen LogP contribution in [-0.4, -0.2) is 63.5 Å². The van der Waals surface area contributed by atoms with E-state index in [2.05, 4.69) is 15.2 Å². The van der Waals surface area contributed by atoms with Gasteiger partial charge in [0.2, 0.25) is 0 Å². The number of anilines is 1. The molecular formula is C11H16ClN3O6. The van der Waals surface area contributed by atoms with Crippen LogP contribution in [0.4, 0.5) is 5.69 Å². The maximum atomic E-state index is 11.9. The van der Waals surface area contributed by atoms with Crippen LogP contribution in [0.2, 0.25) is 5.02 Å². The van der Waals surface area contributed by atoms with Gasteiger partial charge in [-0.25, -0.2) is 4.68 Å². The number of aromatic nitrogens is 2. The lowest BCUT2D eigenvalue weighted by molar-refractivity contribution is -0.141. The van der Waals surface area contributed by atoms with Crippen molar-refractivity contribution in [3.8, 4) is 0 Å². The summed E-state index contributed by atoms with van der Waals surface area (Å²) < 4.78 is 5.22. The summed E-state index contributed by atoms with van der Waals surface area (Å²) in [4.78, 5) is 23.0. The molecule has 0 aliphatic rings. The quantitative estimate of drug-likeness (QED) is 0.432. The first-order chi connectivity index (χ1) is 9.92. The van der Waals surface area contributed by atoms with E-state index in [-0.39, 0.29) is 10.7 Å². The maximum Gasteiger partial charge on any atom is 0.327 e. The van der Waals surface area contributed by atoms with Crippen molar-refractivity contribution < 1.29 is 24.9 Å². The van der Waals surface area contributed by atoms with Crippen molar-refractivity contribution in [1.29, 1.82) is 0 Å². The highest BCUT2D eigenvalue weighted by Gasteiger charge is 2.29. The van der Waals surface area contributed by atoms with E-state index >= 15 is 0 Å². The fraction of sp³-hybridized carbons (Fsp3) is 0.545. The topological polar surface area (TPSA) is 134 Å². The summed E-state index contributed by atoms with van der Waals surface area (Å²) in [5, 5.41) is 33.6. The number of carbonyl (C=O) groups excluding carboxylic acids is 1. The molecule has 1 aromatic rings. The second-order valence-electron chi connectivity index (χ2n) is 4.29. The van der Waals surface area contributed by atoms with E-state index in [0.717, 1.165) is 10.9 Å². The number of ether oxygens (including phenoxy) is 1. The monoisotopic (exact) mass is 321 g/mol. The first-order valence-corrected chi connectivity index (χ1v) is 6.24. The molecule has 1 rings (SSSR count). The second kappa shape index (κ2) is 7.36. The van der Waals surface area contributed by atoms with Crippen LogP contribution in [-0.2, 0) is 16.1 Å². The zero-order valence-electron chi connectivity index (χ0n) is 11.2. The smallest absolute Gasteiger partial charge is 0.327 e. The number of hydrogen-bond donors (Lipinski definition) is 4. The third kappa shape index (κ3) is 3.91. The molecule has 4 N–H and O–H groups in total. The van der Waals surface area contributed by atoms with Crippen molar-refractivity contribution in [1.82, 2.24) is 9.78 Å². The zero-order valence-corrected chi connectivity index (χ0v) is 12.0. The molecule has 0 spiro atoms. The molecular weight excluding hydrogens is 306 g/mol. The Balaban J connectivity index is 3.10. The van der Waals surface area contributed by atoms with Gasteiger partial charge in [0, 0.05) is 0 Å². The van der Waals surface area contributed by atoms with Crippen LogP contribution in [0, 0.1) is 0 Å². The van der Waals surface area contributed by atoms with E-state index in [4.69, 9.17) is 11.6 Å². The van der Waals surface area contributed by atoms with Gasteiger partial charge in [-0.3, -0.25) is 9.59 Å². The van der Waals surface area contributed by atoms with Gasteiger partial charge in [-0.05, 0) is 0 Å². The Hall–Kier alpha value is -1.68. The summed E-state index contributed by atoms with van der Waals surface area (Å²) in [5.41, 5.74) is -2.19. The molecule has 0 aliphatic carbocycles. The molecule has 0 atom stereocenters. The van der Waals surface area contributed by atoms with Crippen LogP contribution in [0.5, 0.6) is 0 Å². The minimum absolute atomic E-state index is 0.0138. The molecule has 10 heteroatoms. The second-order valence-corrected chi connectivity index (χ2v) is 4.67. The highest BCUT2D eigenvalue weighted by molar-refractivity contribution is 6.33. The summed E-state index contributed by atoms with van der Waals surface area (Å²) in [5.74, 6) is -0.670. The number of methoxy groups -OCH3 is 1. The number of hydrogen-bond acceptors (Lipinski definition) is 8. The summed E-state index contributed by atoms with van der Waals surface area (Å²) >= 11 is 5.87. The highest BCUT2D eigenvalue weighted by Crippen LogP contribution is 2.20. The van der Waals surface area contributed by atoms with E-state index < -0.39 is 43.4 Å². The molecule has 0 saturated carbocycles. The van der Waals surface area contributed by atoms with Crippen LogP contribution in [0.1, 0.15) is 0 Å². The standard InChI is InChI=1S/C11H16ClN3O6/c1-21-8(19)3-15-10(20)9(12)7(2-13-15)14-11(4-16,5-17)6-18/h2,14,16-18H,3-6H2,1H3. The van der Waals surface area contributed by atoms with Crippen molar-refractivity contribution in [2.24, 2.45) is 0 Å². The minimum Gasteiger partial charge on any atom is -0.468 e. The van der Waals surface area contributed by atoms with Gasteiger partial charge in [0.1, 0.15) is 17.1 Å². The highest BCUT2D eigenvalue weighted by atomic mass is 35.5. The van der Waals surface area contributed by atoms with E-state index in [1.807, 2.05) is 0 Å². The number of nitrogens with zero attached hydrogens (tertiary/aromatic N) is 2. The predicted molar refractivity (Wildman–Crippen MR) is 73.1 cm³/mol. The molecule has 118 valence electrons. The van der Waals surface area contributed by atoms with Crippen molar-refractivity contribution in [2.75, 3.05) is 32.2 Å². The Morgan fingerprint density at radius 2 is 2.00 bits per heavy atom. The number of esters is 1. The van der Waals surface area contributed by atoms with Crippen LogP contribution < -0.4 is 10.9 Å². The molecule has 0 radical (unpaired) electrons. The molecule has 1 aromatic heterocycles. The van der Waals surface area contributed by atoms with E-state index in [9.17, 15) is 24.9 Å². The van der Waals surface area contributed by atoms with Crippen LogP contribution in [0.3, 0.4) is 0 Å². The molecule has 0 aliphatic heterocycles. The normalized spacial score (nSPS) is 11.3. The van der Waals surface area contributed by atoms with Crippen LogP contribution in [0.15, 0.2) is 11.0 Å². The zero-order chi connectivity index (χ0) is 16.0. The average Bonchev–Trinajstić information content (AvgIpc) is 2.51. The van der Waals surface area contributed by atoms with Crippen molar-refractivity contribution in [3.63, 3.8) is 0 Å². The molecule has 0 bridgehead atoms. The molecule has 0 amide bonds. The molecule has 0 fully saturated rings. The van der Waals surface area contributed by atoms with Gasteiger partial charge in [-0.1, -0.05) is 11.6 Å². The lowest BCUT2D eigenvalue weighted by Gasteiger charge is -2.30. The summed E-state index contributed by atoms with van der Waals surface area (Å²) in [6, 6.07) is 0. The van der Waals surface area contributed by atoms with Gasteiger partial charge in [0.25, 0.3) is 5.56 Å². The Labute approximate surface area is 124 Å². The van der Waals surface area contributed by atoms with Crippen LogP contribution >= 0.6 is 11.6 Å². The Kier molecular flexibility index (Phi) is 6.09. The molecule has 0 unspecified atom stereocenters. The Bertz CT molecular complexity index is 549. The molecule has 9 nitrogen and oxygen atoms in total. The lowest BCUT2D eigenvalue weighted by Crippen LogP contribution is -2.49. The number of nitrogens with one attached hydrogen (secondary N) is 1. The molecule has 0 saturated heterocycles. The van der Waals surface area contributed by atoms with Gasteiger partial charge in [0.15, 0.2) is 0 Å². The lowest BCUT2D eigenvalue weighted by atomic mass is 10.0. The molecule has 1 heterocycles. The molecule has 0 aromatic carbocycles. The Morgan fingerprint density at radius 3 is 2.48 bits per heavy atom. The molecule has 21 heavy (non-hydrogen) atoms. The largest absolute Gasteiger partial charge is 0.468 e. The van der Waals surface area contributed by atoms with E-state index in [0.29, 0.717) is 0 Å². The SMILES string of the molecule is COC(=O)Cn1ncc(NC(CO)(CO)CO)c(Cl)c1=O. The van der Waals surface area contributed by atoms with Gasteiger partial charge in [-0.15, -0.1) is 0 Å². The van der Waals surface area contributed by atoms with Crippen LogP contribution in [0.25, 0.3) is 0 Å². The first-order valence-electron chi connectivity index (χ1n) is 5.86. The predicted octanol–water partition coefficient (Wildman–Crippen LogP) is -1.80. The number of aliphatic hydroxyl groups is 3. The number of aliphatic hydroxyl groups excluding tert-OH is 3. The summed E-state index contributed by atoms with van der Waals surface area (Å²) in [6.45, 7) is -2.19. The summed E-state index contributed by atoms with van der Waals surface area (Å²) in [6.07, 6.45) is 1.14. The fourth-order valence-corrected chi connectivity index (χ4v) is 1.60. The van der Waals surface area contributed by atoms with Crippen molar-refractivity contribution in [2.45, 2.75) is 12.1 Å². The number of halogens is 1. The summed E-state index contributed by atoms with van der Waals surface area (Å²) in [7, 11) is 1.17. The first kappa shape index (κ1) is 17.4. The van der Waals surface area contributed by atoms with Gasteiger partial charge in [0.05, 0.1) is 38.8 Å². The number of rotatable bonds is 7. The fourth-order valence-electron chi connectivity index (χ4n) is 1.41. The van der Waals surface area contributed by atoms with Crippen molar-refractivity contribution >= 4 is 23.3 Å². The average molecular weight is 322 g/mol. The number of carbonyl (C=O) groups is 1. The third-order valence-corrected chi connectivity index (χ3v) is 3.16. The maximum absolute atomic E-state index is 11.9. The van der Waals surface area contributed by atoms with Gasteiger partial charge >= 0.3 is 5.97 Å². The van der Waals surface area contributed by atoms with Gasteiger partial charge < -0.3 is 25.4 Å².